The lowest BCUT2D eigenvalue weighted by Gasteiger charge is -2.31. The number of amides is 2. The predicted molar refractivity (Wildman–Crippen MR) is 90.9 cm³/mol. The zero-order valence-electron chi connectivity index (χ0n) is 13.4. The molecule has 1 aliphatic heterocycles. The van der Waals surface area contributed by atoms with Crippen LogP contribution in [0.1, 0.15) is 12.5 Å². The summed E-state index contributed by atoms with van der Waals surface area (Å²) in [6, 6.07) is 10.7. The van der Waals surface area contributed by atoms with Crippen LogP contribution in [0.15, 0.2) is 36.4 Å². The van der Waals surface area contributed by atoms with Crippen molar-refractivity contribution in [3.05, 3.63) is 42.0 Å². The fourth-order valence-electron chi connectivity index (χ4n) is 2.50. The van der Waals surface area contributed by atoms with Gasteiger partial charge < -0.3 is 15.8 Å². The summed E-state index contributed by atoms with van der Waals surface area (Å²) in [6.07, 6.45) is -0.686. The minimum atomic E-state index is -0.686. The van der Waals surface area contributed by atoms with Crippen LogP contribution in [0.3, 0.4) is 0 Å². The molecule has 124 valence electrons. The molecule has 2 amide bonds. The van der Waals surface area contributed by atoms with E-state index >= 15 is 0 Å². The van der Waals surface area contributed by atoms with Gasteiger partial charge in [-0.25, -0.2) is 4.98 Å². The molecule has 3 N–H and O–H groups in total. The summed E-state index contributed by atoms with van der Waals surface area (Å²) in [5, 5.41) is 2.81. The van der Waals surface area contributed by atoms with Gasteiger partial charge in [0, 0.05) is 5.69 Å². The Bertz CT molecular complexity index is 806. The summed E-state index contributed by atoms with van der Waals surface area (Å²) in [7, 11) is 0. The Labute approximate surface area is 139 Å². The van der Waals surface area contributed by atoms with E-state index < -0.39 is 6.10 Å². The number of aromatic nitrogens is 1. The van der Waals surface area contributed by atoms with E-state index in [-0.39, 0.29) is 30.0 Å². The average molecular weight is 326 g/mol. The van der Waals surface area contributed by atoms with Crippen LogP contribution in [-0.2, 0) is 9.59 Å². The maximum absolute atomic E-state index is 12.4. The van der Waals surface area contributed by atoms with Crippen molar-refractivity contribution in [3.63, 3.8) is 0 Å². The Morgan fingerprint density at radius 2 is 2.08 bits per heavy atom. The molecule has 0 fully saturated rings. The third-order valence-electron chi connectivity index (χ3n) is 3.75. The number of carbonyl (C=O) groups is 2. The molecule has 24 heavy (non-hydrogen) atoms. The summed E-state index contributed by atoms with van der Waals surface area (Å²) in [5.41, 5.74) is 7.34. The van der Waals surface area contributed by atoms with Crippen LogP contribution in [0, 0.1) is 6.92 Å². The molecule has 0 saturated heterocycles. The van der Waals surface area contributed by atoms with Crippen molar-refractivity contribution >= 4 is 29.1 Å². The van der Waals surface area contributed by atoms with Crippen molar-refractivity contribution in [1.29, 1.82) is 0 Å². The molecule has 7 nitrogen and oxygen atoms in total. The van der Waals surface area contributed by atoms with Gasteiger partial charge in [-0.15, -0.1) is 0 Å². The molecular formula is C17H18N4O3. The number of rotatable bonds is 3. The fourth-order valence-corrected chi connectivity index (χ4v) is 2.50. The van der Waals surface area contributed by atoms with Crippen molar-refractivity contribution in [2.75, 3.05) is 22.5 Å². The van der Waals surface area contributed by atoms with Gasteiger partial charge in [-0.05, 0) is 37.6 Å². The third-order valence-corrected chi connectivity index (χ3v) is 3.75. The van der Waals surface area contributed by atoms with E-state index in [0.29, 0.717) is 11.4 Å². The quantitative estimate of drug-likeness (QED) is 0.895. The second-order valence-corrected chi connectivity index (χ2v) is 5.61. The molecule has 7 heteroatoms. The zero-order chi connectivity index (χ0) is 17.3. The summed E-state index contributed by atoms with van der Waals surface area (Å²) >= 11 is 0. The molecular weight excluding hydrogens is 308 g/mol. The Balaban J connectivity index is 1.83. The number of nitrogens with one attached hydrogen (secondary N) is 1. The van der Waals surface area contributed by atoms with Crippen molar-refractivity contribution in [2.45, 2.75) is 20.0 Å². The van der Waals surface area contributed by atoms with Gasteiger partial charge in [0.15, 0.2) is 17.7 Å². The van der Waals surface area contributed by atoms with Crippen LogP contribution in [0.4, 0.5) is 17.3 Å². The third kappa shape index (κ3) is 3.01. The first-order valence-electron chi connectivity index (χ1n) is 7.56. The number of para-hydroxylation sites is 1. The van der Waals surface area contributed by atoms with Crippen molar-refractivity contribution in [1.82, 2.24) is 4.98 Å². The van der Waals surface area contributed by atoms with E-state index in [2.05, 4.69) is 10.3 Å². The van der Waals surface area contributed by atoms with E-state index in [1.807, 2.05) is 25.1 Å². The van der Waals surface area contributed by atoms with Gasteiger partial charge in [0.05, 0.1) is 0 Å². The lowest BCUT2D eigenvalue weighted by atomic mass is 10.2. The second kappa shape index (κ2) is 6.19. The van der Waals surface area contributed by atoms with E-state index in [4.69, 9.17) is 10.5 Å². The van der Waals surface area contributed by atoms with E-state index in [9.17, 15) is 9.59 Å². The number of carbonyl (C=O) groups excluding carboxylic acids is 2. The Kier molecular flexibility index (Phi) is 4.07. The molecule has 0 saturated carbocycles. The lowest BCUT2D eigenvalue weighted by molar-refractivity contribution is -0.127. The molecule has 1 aromatic carbocycles. The monoisotopic (exact) mass is 326 g/mol. The number of nitrogens with two attached hydrogens (primary N) is 1. The fraction of sp³-hybridized carbons (Fsp3) is 0.235. The van der Waals surface area contributed by atoms with Gasteiger partial charge in [0.2, 0.25) is 5.91 Å². The summed E-state index contributed by atoms with van der Waals surface area (Å²) in [4.78, 5) is 30.2. The van der Waals surface area contributed by atoms with Gasteiger partial charge in [-0.2, -0.15) is 0 Å². The second-order valence-electron chi connectivity index (χ2n) is 5.61. The number of pyridine rings is 1. The van der Waals surface area contributed by atoms with Crippen molar-refractivity contribution in [3.8, 4) is 5.75 Å². The Morgan fingerprint density at radius 3 is 2.83 bits per heavy atom. The van der Waals surface area contributed by atoms with Crippen LogP contribution >= 0.6 is 0 Å². The number of benzene rings is 1. The number of hydrogen-bond donors (Lipinski definition) is 2. The number of nitrogens with zero attached hydrogens (tertiary/aromatic N) is 2. The molecule has 1 unspecified atom stereocenters. The Hall–Kier alpha value is -3.09. The van der Waals surface area contributed by atoms with E-state index in [0.717, 1.165) is 5.56 Å². The van der Waals surface area contributed by atoms with Crippen LogP contribution < -0.4 is 20.7 Å². The number of aryl methyl sites for hydroxylation is 1. The van der Waals surface area contributed by atoms with Crippen LogP contribution in [0.2, 0.25) is 0 Å². The summed E-state index contributed by atoms with van der Waals surface area (Å²) < 4.78 is 5.51. The standard InChI is InChI=1S/C17H18N4O3/c1-10-5-3-4-6-12(10)19-15(22)9-21-16-13(7-8-14(18)20-16)24-11(2)17(21)23/h3-8,11H,9H2,1-2H3,(H2,18,20)(H,19,22). The van der Waals surface area contributed by atoms with Crippen LogP contribution in [0.25, 0.3) is 0 Å². The van der Waals surface area contributed by atoms with Gasteiger partial charge in [0.1, 0.15) is 12.4 Å². The molecule has 1 aromatic heterocycles. The smallest absolute Gasteiger partial charge is 0.269 e. The van der Waals surface area contributed by atoms with Gasteiger partial charge in [-0.1, -0.05) is 18.2 Å². The van der Waals surface area contributed by atoms with Crippen LogP contribution in [0.5, 0.6) is 5.75 Å². The topological polar surface area (TPSA) is 97.5 Å². The first-order chi connectivity index (χ1) is 11.5. The molecule has 0 aliphatic carbocycles. The number of fused-ring (bicyclic) bond motifs is 1. The highest BCUT2D eigenvalue weighted by Gasteiger charge is 2.34. The van der Waals surface area contributed by atoms with Crippen molar-refractivity contribution < 1.29 is 14.3 Å². The normalized spacial score (nSPS) is 16.3. The Morgan fingerprint density at radius 1 is 1.33 bits per heavy atom. The largest absolute Gasteiger partial charge is 0.477 e. The summed E-state index contributed by atoms with van der Waals surface area (Å²) in [5.74, 6) is 0.296. The molecule has 1 atom stereocenters. The van der Waals surface area contributed by atoms with Crippen molar-refractivity contribution in [2.24, 2.45) is 0 Å². The van der Waals surface area contributed by atoms with E-state index in [1.54, 1.807) is 25.1 Å². The molecule has 2 heterocycles. The molecule has 3 rings (SSSR count). The average Bonchev–Trinajstić information content (AvgIpc) is 2.55. The molecule has 2 aromatic rings. The molecule has 1 aliphatic rings. The molecule has 0 radical (unpaired) electrons. The maximum atomic E-state index is 12.4. The predicted octanol–water partition coefficient (Wildman–Crippen LogP) is 1.72. The highest BCUT2D eigenvalue weighted by atomic mass is 16.5. The molecule has 0 bridgehead atoms. The number of anilines is 3. The molecule has 0 spiro atoms. The number of hydrogen-bond acceptors (Lipinski definition) is 5. The van der Waals surface area contributed by atoms with Gasteiger partial charge in [0.25, 0.3) is 5.91 Å². The summed E-state index contributed by atoms with van der Waals surface area (Å²) in [6.45, 7) is 3.37. The van der Waals surface area contributed by atoms with Gasteiger partial charge >= 0.3 is 0 Å². The zero-order valence-corrected chi connectivity index (χ0v) is 13.4. The van der Waals surface area contributed by atoms with Gasteiger partial charge in [-0.3, -0.25) is 14.5 Å². The minimum Gasteiger partial charge on any atom is -0.477 e. The van der Waals surface area contributed by atoms with Crippen LogP contribution in [-0.4, -0.2) is 29.4 Å². The van der Waals surface area contributed by atoms with E-state index in [1.165, 1.54) is 4.90 Å². The minimum absolute atomic E-state index is 0.162. The first kappa shape index (κ1) is 15.8. The number of nitrogen functional groups attached to an aromatic ring is 1. The lowest BCUT2D eigenvalue weighted by Crippen LogP contribution is -2.48. The SMILES string of the molecule is Cc1ccccc1NC(=O)CN1C(=O)C(C)Oc2ccc(N)nc21. The number of ether oxygens (including phenoxy) is 1. The highest BCUT2D eigenvalue weighted by molar-refractivity contribution is 6.05. The first-order valence-corrected chi connectivity index (χ1v) is 7.56. The highest BCUT2D eigenvalue weighted by Crippen LogP contribution is 2.32. The maximum Gasteiger partial charge on any atom is 0.269 e.